The van der Waals surface area contributed by atoms with E-state index in [-0.39, 0.29) is 11.9 Å². The molecule has 0 spiro atoms. The lowest BCUT2D eigenvalue weighted by Gasteiger charge is -2.21. The normalized spacial score (nSPS) is 12.4. The summed E-state index contributed by atoms with van der Waals surface area (Å²) < 4.78 is 0. The van der Waals surface area contributed by atoms with Gasteiger partial charge in [0.05, 0.1) is 6.04 Å². The number of thiophene rings is 1. The van der Waals surface area contributed by atoms with E-state index in [2.05, 4.69) is 24.1 Å². The van der Waals surface area contributed by atoms with Gasteiger partial charge in [0.15, 0.2) is 0 Å². The summed E-state index contributed by atoms with van der Waals surface area (Å²) in [4.78, 5) is 17.6. The van der Waals surface area contributed by atoms with E-state index in [1.54, 1.807) is 23.5 Å². The van der Waals surface area contributed by atoms with E-state index in [1.807, 2.05) is 24.4 Å². The van der Waals surface area contributed by atoms with E-state index < -0.39 is 0 Å². The fourth-order valence-electron chi connectivity index (χ4n) is 2.02. The molecular weight excluding hydrogens is 292 g/mol. The summed E-state index contributed by atoms with van der Waals surface area (Å²) in [6, 6.07) is 7.38. The van der Waals surface area contributed by atoms with Gasteiger partial charge in [-0.05, 0) is 36.4 Å². The zero-order valence-electron chi connectivity index (χ0n) is 11.7. The number of halogens is 1. The number of amides is 1. The molecule has 3 nitrogen and oxygen atoms in total. The minimum atomic E-state index is -0.121. The molecule has 0 radical (unpaired) electrons. The molecule has 1 atom stereocenters. The predicted octanol–water partition coefficient (Wildman–Crippen LogP) is 4.23. The number of hydrogen-bond donors (Lipinski definition) is 1. The number of hydrogen-bond acceptors (Lipinski definition) is 3. The highest BCUT2D eigenvalue weighted by Crippen LogP contribution is 2.26. The Morgan fingerprint density at radius 3 is 2.70 bits per heavy atom. The summed E-state index contributed by atoms with van der Waals surface area (Å²) in [7, 11) is 0. The molecule has 0 bridgehead atoms. The highest BCUT2D eigenvalue weighted by molar-refractivity contribution is 7.10. The molecule has 2 aromatic heterocycles. The molecule has 0 aliphatic carbocycles. The van der Waals surface area contributed by atoms with E-state index in [9.17, 15) is 4.79 Å². The van der Waals surface area contributed by atoms with Crippen LogP contribution < -0.4 is 5.32 Å². The third kappa shape index (κ3) is 3.58. The summed E-state index contributed by atoms with van der Waals surface area (Å²) >= 11 is 7.55. The molecule has 2 rings (SSSR count). The number of carbonyl (C=O) groups is 1. The number of rotatable bonds is 4. The lowest BCUT2D eigenvalue weighted by molar-refractivity contribution is 0.0926. The van der Waals surface area contributed by atoms with E-state index >= 15 is 0 Å². The largest absolute Gasteiger partial charge is 0.344 e. The second kappa shape index (κ2) is 6.37. The number of carbonyl (C=O) groups excluding carboxylic acids is 1. The third-order valence-corrected chi connectivity index (χ3v) is 4.14. The first-order valence-corrected chi connectivity index (χ1v) is 7.71. The van der Waals surface area contributed by atoms with E-state index in [1.165, 1.54) is 0 Å². The van der Waals surface area contributed by atoms with E-state index in [4.69, 9.17) is 11.6 Å². The second-order valence-electron chi connectivity index (χ2n) is 5.03. The maximum atomic E-state index is 12.4. The van der Waals surface area contributed by atoms with Gasteiger partial charge >= 0.3 is 0 Å². The maximum absolute atomic E-state index is 12.4. The Morgan fingerprint density at radius 2 is 2.15 bits per heavy atom. The Morgan fingerprint density at radius 1 is 1.40 bits per heavy atom. The molecule has 0 saturated carbocycles. The highest BCUT2D eigenvalue weighted by Gasteiger charge is 2.20. The Labute approximate surface area is 128 Å². The molecule has 0 aliphatic heterocycles. The SMILES string of the molecule is Cc1cc(C(=O)NC(c2cccs2)C(C)C)cc(Cl)n1. The van der Waals surface area contributed by atoms with Crippen molar-refractivity contribution in [1.29, 1.82) is 0 Å². The van der Waals surface area contributed by atoms with Gasteiger partial charge in [-0.3, -0.25) is 4.79 Å². The van der Waals surface area contributed by atoms with Crippen LogP contribution in [0.15, 0.2) is 29.6 Å². The summed E-state index contributed by atoms with van der Waals surface area (Å²) in [6.45, 7) is 6.01. The van der Waals surface area contributed by atoms with Crippen LogP contribution in [0.25, 0.3) is 0 Å². The first kappa shape index (κ1) is 15.0. The second-order valence-corrected chi connectivity index (χ2v) is 6.40. The van der Waals surface area contributed by atoms with Crippen molar-refractivity contribution in [2.45, 2.75) is 26.8 Å². The number of pyridine rings is 1. The molecule has 106 valence electrons. The number of nitrogens with zero attached hydrogens (tertiary/aromatic N) is 1. The molecule has 20 heavy (non-hydrogen) atoms. The van der Waals surface area contributed by atoms with Crippen molar-refractivity contribution in [3.8, 4) is 0 Å². The zero-order chi connectivity index (χ0) is 14.7. The van der Waals surface area contributed by atoms with Crippen LogP contribution in [0.4, 0.5) is 0 Å². The third-order valence-electron chi connectivity index (χ3n) is 2.99. The standard InChI is InChI=1S/C15H17ClN2OS/c1-9(2)14(12-5-4-6-20-12)18-15(19)11-7-10(3)17-13(16)8-11/h4-9,14H,1-3H3,(H,18,19). The van der Waals surface area contributed by atoms with Crippen LogP contribution in [0, 0.1) is 12.8 Å². The minimum Gasteiger partial charge on any atom is -0.344 e. The molecule has 5 heteroatoms. The molecule has 0 aliphatic rings. The molecular formula is C15H17ClN2OS. The van der Waals surface area contributed by atoms with Gasteiger partial charge < -0.3 is 5.32 Å². The molecule has 1 amide bonds. The number of aryl methyl sites for hydroxylation is 1. The van der Waals surface area contributed by atoms with Crippen LogP contribution in [0.3, 0.4) is 0 Å². The van der Waals surface area contributed by atoms with Crippen molar-refractivity contribution in [3.05, 3.63) is 50.9 Å². The summed E-state index contributed by atoms with van der Waals surface area (Å²) in [5.74, 6) is 0.195. The van der Waals surface area contributed by atoms with E-state index in [0.29, 0.717) is 16.6 Å². The Kier molecular flexibility index (Phi) is 4.78. The van der Waals surface area contributed by atoms with Crippen molar-refractivity contribution >= 4 is 28.8 Å². The van der Waals surface area contributed by atoms with E-state index in [0.717, 1.165) is 10.6 Å². The molecule has 0 saturated heterocycles. The molecule has 2 aromatic rings. The summed E-state index contributed by atoms with van der Waals surface area (Å²) in [6.07, 6.45) is 0. The van der Waals surface area contributed by atoms with Gasteiger partial charge in [0.25, 0.3) is 5.91 Å². The van der Waals surface area contributed by atoms with Crippen LogP contribution in [0.5, 0.6) is 0 Å². The van der Waals surface area contributed by atoms with Crippen molar-refractivity contribution in [2.75, 3.05) is 0 Å². The molecule has 1 N–H and O–H groups in total. The average Bonchev–Trinajstić information content (AvgIpc) is 2.87. The average molecular weight is 309 g/mol. The van der Waals surface area contributed by atoms with Crippen LogP contribution in [-0.2, 0) is 0 Å². The Hall–Kier alpha value is -1.39. The predicted molar refractivity (Wildman–Crippen MR) is 83.3 cm³/mol. The van der Waals surface area contributed by atoms with Crippen molar-refractivity contribution in [1.82, 2.24) is 10.3 Å². The van der Waals surface area contributed by atoms with Crippen LogP contribution in [0.1, 0.15) is 40.8 Å². The van der Waals surface area contributed by atoms with Crippen LogP contribution in [-0.4, -0.2) is 10.9 Å². The highest BCUT2D eigenvalue weighted by atomic mass is 35.5. The fourth-order valence-corrected chi connectivity index (χ4v) is 3.22. The zero-order valence-corrected chi connectivity index (χ0v) is 13.3. The monoisotopic (exact) mass is 308 g/mol. The smallest absolute Gasteiger partial charge is 0.251 e. The first-order chi connectivity index (χ1) is 9.47. The molecule has 0 aromatic carbocycles. The van der Waals surface area contributed by atoms with Gasteiger partial charge in [-0.15, -0.1) is 11.3 Å². The maximum Gasteiger partial charge on any atom is 0.251 e. The lowest BCUT2D eigenvalue weighted by atomic mass is 10.0. The Balaban J connectivity index is 2.20. The first-order valence-electron chi connectivity index (χ1n) is 6.46. The van der Waals surface area contributed by atoms with Gasteiger partial charge in [0, 0.05) is 16.1 Å². The number of aromatic nitrogens is 1. The van der Waals surface area contributed by atoms with Crippen molar-refractivity contribution < 1.29 is 4.79 Å². The van der Waals surface area contributed by atoms with Crippen molar-refractivity contribution in [3.63, 3.8) is 0 Å². The minimum absolute atomic E-state index is 0.00902. The number of nitrogens with one attached hydrogen (secondary N) is 1. The van der Waals surface area contributed by atoms with Gasteiger partial charge in [0.1, 0.15) is 5.15 Å². The summed E-state index contributed by atoms with van der Waals surface area (Å²) in [5, 5.41) is 5.43. The molecule has 0 fully saturated rings. The van der Waals surface area contributed by atoms with Crippen LogP contribution in [0.2, 0.25) is 5.15 Å². The lowest BCUT2D eigenvalue weighted by Crippen LogP contribution is -2.31. The molecule has 1 unspecified atom stereocenters. The van der Waals surface area contributed by atoms with Gasteiger partial charge in [-0.1, -0.05) is 31.5 Å². The molecule has 2 heterocycles. The summed E-state index contributed by atoms with van der Waals surface area (Å²) in [5.41, 5.74) is 1.28. The van der Waals surface area contributed by atoms with Crippen LogP contribution >= 0.6 is 22.9 Å². The quantitative estimate of drug-likeness (QED) is 0.859. The van der Waals surface area contributed by atoms with Gasteiger partial charge in [-0.2, -0.15) is 0 Å². The van der Waals surface area contributed by atoms with Gasteiger partial charge in [-0.25, -0.2) is 4.98 Å². The fraction of sp³-hybridized carbons (Fsp3) is 0.333. The van der Waals surface area contributed by atoms with Gasteiger partial charge in [0.2, 0.25) is 0 Å². The topological polar surface area (TPSA) is 42.0 Å². The Bertz CT molecular complexity index is 576. The van der Waals surface area contributed by atoms with Crippen molar-refractivity contribution in [2.24, 2.45) is 5.92 Å².